The number of urea groups is 1. The zero-order chi connectivity index (χ0) is 26.3. The van der Waals surface area contributed by atoms with E-state index >= 15 is 0 Å². The van der Waals surface area contributed by atoms with E-state index in [1.54, 1.807) is 4.57 Å². The van der Waals surface area contributed by atoms with E-state index in [9.17, 15) is 14.3 Å². The number of nitrogens with zero attached hydrogens (tertiary/aromatic N) is 4. The van der Waals surface area contributed by atoms with E-state index in [1.807, 2.05) is 30.3 Å². The molecule has 202 valence electrons. The zero-order valence-corrected chi connectivity index (χ0v) is 21.0. The summed E-state index contributed by atoms with van der Waals surface area (Å²) in [6.07, 6.45) is 3.00. The second-order valence-corrected chi connectivity index (χ2v) is 10.6. The highest BCUT2D eigenvalue weighted by Gasteiger charge is 2.54. The predicted molar refractivity (Wildman–Crippen MR) is 128 cm³/mol. The molecule has 6 rings (SSSR count). The number of carbonyl (C=O) groups excluding carboxylic acids is 1. The number of fused-ring (bicyclic) bond motifs is 2. The van der Waals surface area contributed by atoms with Crippen molar-refractivity contribution < 1.29 is 37.9 Å². The van der Waals surface area contributed by atoms with Crippen LogP contribution in [0.1, 0.15) is 43.8 Å². The van der Waals surface area contributed by atoms with Crippen LogP contribution in [0.2, 0.25) is 0 Å². The molecule has 3 fully saturated rings. The summed E-state index contributed by atoms with van der Waals surface area (Å²) in [5.41, 5.74) is 1.48. The molecule has 4 heterocycles. The topological polar surface area (TPSA) is 182 Å². The minimum absolute atomic E-state index is 0.133. The van der Waals surface area contributed by atoms with Crippen molar-refractivity contribution in [3.8, 4) is 0 Å². The van der Waals surface area contributed by atoms with Crippen molar-refractivity contribution in [1.29, 1.82) is 0 Å². The molecule has 2 aromatic heterocycles. The van der Waals surface area contributed by atoms with Crippen LogP contribution in [0.4, 0.5) is 10.6 Å². The number of rotatable bonds is 7. The van der Waals surface area contributed by atoms with Gasteiger partial charge in [-0.25, -0.2) is 19.7 Å². The number of benzene rings is 1. The van der Waals surface area contributed by atoms with Crippen molar-refractivity contribution in [1.82, 2.24) is 24.8 Å². The van der Waals surface area contributed by atoms with Crippen molar-refractivity contribution in [3.63, 3.8) is 0 Å². The third kappa shape index (κ3) is 5.16. The Balaban J connectivity index is 1.26. The number of carbonyl (C=O) groups is 1. The van der Waals surface area contributed by atoms with Crippen molar-refractivity contribution in [3.05, 3.63) is 48.5 Å². The number of hydrogen-bond donors (Lipinski definition) is 3. The van der Waals surface area contributed by atoms with Gasteiger partial charge in [-0.05, 0) is 12.8 Å². The fraction of sp³-hybridized carbons (Fsp3) is 0.478. The van der Waals surface area contributed by atoms with Gasteiger partial charge in [-0.3, -0.25) is 14.4 Å². The maximum absolute atomic E-state index is 12.5. The number of hydrogen-bond acceptors (Lipinski definition) is 10. The van der Waals surface area contributed by atoms with E-state index in [-0.39, 0.29) is 17.9 Å². The van der Waals surface area contributed by atoms with Crippen LogP contribution >= 0.6 is 7.82 Å². The number of phosphoric acid groups is 1. The number of ether oxygens (including phenoxy) is 3. The zero-order valence-electron chi connectivity index (χ0n) is 20.1. The molecule has 1 saturated carbocycles. The van der Waals surface area contributed by atoms with Crippen LogP contribution in [0.15, 0.2) is 43.0 Å². The molecule has 0 spiro atoms. The van der Waals surface area contributed by atoms with Crippen LogP contribution in [0, 0.1) is 0 Å². The molecule has 38 heavy (non-hydrogen) atoms. The summed E-state index contributed by atoms with van der Waals surface area (Å²) >= 11 is 0. The lowest BCUT2D eigenvalue weighted by molar-refractivity contribution is -0.224. The Morgan fingerprint density at radius 1 is 1.13 bits per heavy atom. The van der Waals surface area contributed by atoms with Crippen molar-refractivity contribution >= 4 is 30.8 Å². The second-order valence-electron chi connectivity index (χ2n) is 9.40. The third-order valence-corrected chi connectivity index (χ3v) is 7.35. The highest BCUT2D eigenvalue weighted by molar-refractivity contribution is 7.44. The van der Waals surface area contributed by atoms with Gasteiger partial charge in [0.2, 0.25) is 0 Å². The molecular weight excluding hydrogens is 519 g/mol. The molecule has 2 aliphatic heterocycles. The predicted octanol–water partition coefficient (Wildman–Crippen LogP) is 1.75. The first-order valence-electron chi connectivity index (χ1n) is 12.3. The minimum atomic E-state index is -4.99. The standard InChI is InChI=1S/C23H27N6O8P/c30-23(27-14-8-4-5-9-14)28-19-16-20(25-11-24-19)29(12-26-16)21-18-17(15(35-21)10-34-38(31,32)33)36-22(37-18)13-6-2-1-3-7-13/h1-3,6-7,11-12,14-15,17-18,21-22H,4-5,8-10H2,(H2,31,32,33)(H2,24,25,27,28,30)/p-1/t15-,17?,18+,21-,22?/m1/s1. The second kappa shape index (κ2) is 10.3. The summed E-state index contributed by atoms with van der Waals surface area (Å²) in [4.78, 5) is 45.8. The van der Waals surface area contributed by atoms with Crippen LogP contribution in [-0.4, -0.2) is 61.4 Å². The molecule has 15 heteroatoms. The van der Waals surface area contributed by atoms with Crippen molar-refractivity contribution in [2.75, 3.05) is 11.9 Å². The number of aromatic nitrogens is 4. The molecule has 2 amide bonds. The normalized spacial score (nSPS) is 28.8. The van der Waals surface area contributed by atoms with Gasteiger partial charge in [0.1, 0.15) is 24.6 Å². The fourth-order valence-electron chi connectivity index (χ4n) is 5.16. The van der Waals surface area contributed by atoms with Gasteiger partial charge in [-0.15, -0.1) is 0 Å². The van der Waals surface area contributed by atoms with Gasteiger partial charge in [0, 0.05) is 11.6 Å². The molecule has 2 saturated heterocycles. The SMILES string of the molecule is O=C(Nc1ncnc2c1ncn2[C@@H]1O[C@H](COP(=O)([O-])O)C2OC(c3ccccc3)O[C@@H]21)NC1CCCC1. The number of imidazole rings is 1. The third-order valence-electron chi connectivity index (χ3n) is 6.88. The number of anilines is 1. The van der Waals surface area contributed by atoms with Gasteiger partial charge < -0.3 is 33.8 Å². The molecule has 14 nitrogen and oxygen atoms in total. The van der Waals surface area contributed by atoms with Crippen LogP contribution < -0.4 is 15.5 Å². The highest BCUT2D eigenvalue weighted by atomic mass is 31.2. The highest BCUT2D eigenvalue weighted by Crippen LogP contribution is 2.46. The Kier molecular flexibility index (Phi) is 6.86. The van der Waals surface area contributed by atoms with Gasteiger partial charge in [-0.2, -0.15) is 0 Å². The maximum atomic E-state index is 12.5. The van der Waals surface area contributed by atoms with Crippen molar-refractivity contribution in [2.45, 2.75) is 62.6 Å². The molecule has 1 aromatic carbocycles. The summed E-state index contributed by atoms with van der Waals surface area (Å²) in [6.45, 7) is -0.477. The summed E-state index contributed by atoms with van der Waals surface area (Å²) in [6, 6.07) is 9.02. The molecule has 6 atom stereocenters. The summed E-state index contributed by atoms with van der Waals surface area (Å²) in [5, 5.41) is 5.70. The summed E-state index contributed by atoms with van der Waals surface area (Å²) < 4.78 is 35.9. The molecule has 0 radical (unpaired) electrons. The average Bonchev–Trinajstić information content (AvgIpc) is 3.68. The monoisotopic (exact) mass is 545 g/mol. The van der Waals surface area contributed by atoms with E-state index in [1.165, 1.54) is 12.7 Å². The van der Waals surface area contributed by atoms with E-state index in [0.29, 0.717) is 11.2 Å². The first-order valence-corrected chi connectivity index (χ1v) is 13.8. The molecule has 1 aliphatic carbocycles. The molecule has 3 unspecified atom stereocenters. The first kappa shape index (κ1) is 25.3. The summed E-state index contributed by atoms with van der Waals surface area (Å²) in [5.74, 6) is 0.233. The Morgan fingerprint density at radius 3 is 2.66 bits per heavy atom. The number of nitrogens with one attached hydrogen (secondary N) is 2. The van der Waals surface area contributed by atoms with E-state index < -0.39 is 45.3 Å². The van der Waals surface area contributed by atoms with Crippen LogP contribution in [0.3, 0.4) is 0 Å². The molecule has 3 aliphatic rings. The summed E-state index contributed by atoms with van der Waals surface area (Å²) in [7, 11) is -4.99. The quantitative estimate of drug-likeness (QED) is 0.368. The minimum Gasteiger partial charge on any atom is -0.756 e. The number of amides is 2. The number of phosphoric ester groups is 1. The first-order chi connectivity index (χ1) is 18.4. The van der Waals surface area contributed by atoms with Gasteiger partial charge in [0.15, 0.2) is 29.5 Å². The maximum Gasteiger partial charge on any atom is 0.320 e. The van der Waals surface area contributed by atoms with Crippen LogP contribution in [0.25, 0.3) is 11.2 Å². The Bertz CT molecular complexity index is 1350. The lowest BCUT2D eigenvalue weighted by atomic mass is 10.1. The Labute approximate surface area is 216 Å². The van der Waals surface area contributed by atoms with E-state index in [2.05, 4.69) is 30.1 Å². The largest absolute Gasteiger partial charge is 0.756 e. The van der Waals surface area contributed by atoms with Gasteiger partial charge in [-0.1, -0.05) is 43.2 Å². The van der Waals surface area contributed by atoms with Crippen molar-refractivity contribution in [2.24, 2.45) is 0 Å². The van der Waals surface area contributed by atoms with Crippen LogP contribution in [-0.2, 0) is 23.3 Å². The molecular formula is C23H26N6O8P-. The van der Waals surface area contributed by atoms with Crippen LogP contribution in [0.5, 0.6) is 0 Å². The van der Waals surface area contributed by atoms with Gasteiger partial charge in [0.25, 0.3) is 7.82 Å². The van der Waals surface area contributed by atoms with Gasteiger partial charge in [0.05, 0.1) is 12.9 Å². The molecule has 0 bridgehead atoms. The van der Waals surface area contributed by atoms with E-state index in [4.69, 9.17) is 19.1 Å². The molecule has 3 aromatic rings. The molecule has 3 N–H and O–H groups in total. The average molecular weight is 545 g/mol. The lowest BCUT2D eigenvalue weighted by Crippen LogP contribution is -2.36. The smallest absolute Gasteiger partial charge is 0.320 e. The van der Waals surface area contributed by atoms with E-state index in [0.717, 1.165) is 31.2 Å². The Hall–Kier alpha value is -2.97. The lowest BCUT2D eigenvalue weighted by Gasteiger charge is -2.23. The fourth-order valence-corrected chi connectivity index (χ4v) is 5.49. The van der Waals surface area contributed by atoms with Gasteiger partial charge >= 0.3 is 6.03 Å². The Morgan fingerprint density at radius 2 is 1.89 bits per heavy atom.